The number of halogens is 1. The van der Waals surface area contributed by atoms with Crippen LogP contribution in [-0.4, -0.2) is 30.9 Å². The Kier molecular flexibility index (Phi) is 8.60. The Morgan fingerprint density at radius 3 is 2.26 bits per heavy atom. The zero-order valence-corrected chi connectivity index (χ0v) is 22.1. The van der Waals surface area contributed by atoms with Crippen LogP contribution in [0.5, 0.6) is 5.75 Å². The summed E-state index contributed by atoms with van der Waals surface area (Å²) in [6.45, 7) is 5.41. The van der Waals surface area contributed by atoms with Gasteiger partial charge >= 0.3 is 12.1 Å². The average molecular weight is 533 g/mol. The molecule has 202 valence electrons. The number of methoxy groups -OCH3 is 1. The van der Waals surface area contributed by atoms with E-state index in [2.05, 4.69) is 10.5 Å². The van der Waals surface area contributed by atoms with E-state index in [4.69, 9.17) is 18.7 Å². The van der Waals surface area contributed by atoms with Gasteiger partial charge in [-0.1, -0.05) is 53.7 Å². The van der Waals surface area contributed by atoms with Crippen LogP contribution >= 0.6 is 0 Å². The largest absolute Gasteiger partial charge is 0.497 e. The highest BCUT2D eigenvalue weighted by Gasteiger charge is 2.21. The molecule has 1 heterocycles. The second-order valence-corrected chi connectivity index (χ2v) is 8.79. The van der Waals surface area contributed by atoms with Crippen molar-refractivity contribution in [2.45, 2.75) is 33.3 Å². The molecule has 0 spiro atoms. The highest BCUT2D eigenvalue weighted by atomic mass is 19.1. The van der Waals surface area contributed by atoms with Crippen LogP contribution in [0.25, 0.3) is 22.5 Å². The van der Waals surface area contributed by atoms with Gasteiger partial charge in [0, 0.05) is 17.2 Å². The molecule has 1 N–H and O–H groups in total. The minimum absolute atomic E-state index is 0.220. The molecule has 0 saturated heterocycles. The fraction of sp³-hybridized carbons (Fsp3) is 0.233. The highest BCUT2D eigenvalue weighted by Crippen LogP contribution is 2.33. The Labute approximate surface area is 225 Å². The van der Waals surface area contributed by atoms with Crippen molar-refractivity contribution < 1.29 is 32.7 Å². The molecule has 4 rings (SSSR count). The lowest BCUT2D eigenvalue weighted by molar-refractivity contribution is -0.142. The van der Waals surface area contributed by atoms with Crippen LogP contribution in [-0.2, 0) is 20.7 Å². The number of aryl methyl sites for hydroxylation is 1. The molecule has 3 aromatic carbocycles. The predicted molar refractivity (Wildman–Crippen MR) is 144 cm³/mol. The number of anilines is 1. The van der Waals surface area contributed by atoms with E-state index < -0.39 is 18.0 Å². The summed E-state index contributed by atoms with van der Waals surface area (Å²) in [5.41, 5.74) is 4.55. The molecule has 39 heavy (non-hydrogen) atoms. The van der Waals surface area contributed by atoms with Gasteiger partial charge in [-0.15, -0.1) is 0 Å². The molecule has 8 nitrogen and oxygen atoms in total. The molecular formula is C30H29FN2O6. The lowest BCUT2D eigenvalue weighted by Gasteiger charge is -2.15. The molecule has 1 atom stereocenters. The van der Waals surface area contributed by atoms with Gasteiger partial charge in [-0.2, -0.15) is 0 Å². The third kappa shape index (κ3) is 6.62. The van der Waals surface area contributed by atoms with Crippen LogP contribution in [0.15, 0.2) is 71.3 Å². The molecule has 4 aromatic rings. The van der Waals surface area contributed by atoms with Crippen LogP contribution < -0.4 is 10.1 Å². The summed E-state index contributed by atoms with van der Waals surface area (Å²) in [5, 5.41) is 6.66. The minimum Gasteiger partial charge on any atom is -0.497 e. The van der Waals surface area contributed by atoms with Crippen molar-refractivity contribution in [3.05, 3.63) is 89.4 Å². The summed E-state index contributed by atoms with van der Waals surface area (Å²) in [5.74, 6) is -0.0587. The third-order valence-corrected chi connectivity index (χ3v) is 6.11. The molecular weight excluding hydrogens is 503 g/mol. The molecule has 0 saturated carbocycles. The maximum absolute atomic E-state index is 14.4. The van der Waals surface area contributed by atoms with Crippen molar-refractivity contribution in [3.8, 4) is 28.2 Å². The first-order valence-corrected chi connectivity index (χ1v) is 12.4. The van der Waals surface area contributed by atoms with Crippen LogP contribution in [0.1, 0.15) is 36.8 Å². The fourth-order valence-electron chi connectivity index (χ4n) is 4.04. The summed E-state index contributed by atoms with van der Waals surface area (Å²) in [6, 6.07) is 19.6. The molecule has 0 aliphatic heterocycles. The zero-order chi connectivity index (χ0) is 27.9. The maximum atomic E-state index is 14.4. The number of esters is 1. The molecule has 0 radical (unpaired) electrons. The van der Waals surface area contributed by atoms with Gasteiger partial charge in [-0.25, -0.2) is 9.18 Å². The van der Waals surface area contributed by atoms with Gasteiger partial charge in [0.25, 0.3) is 0 Å². The number of nitrogens with one attached hydrogen (secondary N) is 1. The Hall–Kier alpha value is -4.66. The van der Waals surface area contributed by atoms with Gasteiger partial charge in [0.05, 0.1) is 20.1 Å². The standard InChI is InChI=1S/C30H29FN2O6/c1-5-37-27(34)16-20-6-8-21(9-7-20)22-10-12-23(13-11-22)29-28(18(2)33-39-29)32-30(35)38-19(3)25-15-14-24(36-4)17-26(25)31/h6-15,17,19H,5,16H2,1-4H3,(H,32,35). The lowest BCUT2D eigenvalue weighted by Crippen LogP contribution is -2.17. The van der Waals surface area contributed by atoms with Crippen LogP contribution in [0.4, 0.5) is 14.9 Å². The summed E-state index contributed by atoms with van der Waals surface area (Å²) in [6.07, 6.45) is -1.39. The Balaban J connectivity index is 1.44. The number of rotatable bonds is 9. The summed E-state index contributed by atoms with van der Waals surface area (Å²) in [4.78, 5) is 24.4. The lowest BCUT2D eigenvalue weighted by atomic mass is 10.0. The van der Waals surface area contributed by atoms with E-state index in [-0.39, 0.29) is 18.0 Å². The molecule has 1 aromatic heterocycles. The number of hydrogen-bond acceptors (Lipinski definition) is 7. The van der Waals surface area contributed by atoms with Gasteiger partial charge in [-0.3, -0.25) is 10.1 Å². The number of carbonyl (C=O) groups excluding carboxylic acids is 2. The topological polar surface area (TPSA) is 99.9 Å². The van der Waals surface area contributed by atoms with E-state index in [1.807, 2.05) is 48.5 Å². The number of benzene rings is 3. The number of ether oxygens (including phenoxy) is 3. The second kappa shape index (κ2) is 12.3. The molecule has 1 amide bonds. The SMILES string of the molecule is CCOC(=O)Cc1ccc(-c2ccc(-c3onc(C)c3NC(=O)OC(C)c3ccc(OC)cc3F)cc2)cc1. The molecule has 0 fully saturated rings. The van der Waals surface area contributed by atoms with Gasteiger partial charge in [0.1, 0.15) is 29.1 Å². The Bertz CT molecular complexity index is 1450. The molecule has 0 aliphatic carbocycles. The number of aromatic nitrogens is 1. The molecule has 1 unspecified atom stereocenters. The van der Waals surface area contributed by atoms with Crippen molar-refractivity contribution in [2.75, 3.05) is 19.0 Å². The number of nitrogens with zero attached hydrogens (tertiary/aromatic N) is 1. The van der Waals surface area contributed by atoms with Crippen molar-refractivity contribution in [3.63, 3.8) is 0 Å². The van der Waals surface area contributed by atoms with Crippen molar-refractivity contribution >= 4 is 17.7 Å². The molecule has 9 heteroatoms. The zero-order valence-electron chi connectivity index (χ0n) is 22.1. The third-order valence-electron chi connectivity index (χ3n) is 6.11. The Morgan fingerprint density at radius 2 is 1.64 bits per heavy atom. The maximum Gasteiger partial charge on any atom is 0.412 e. The first-order valence-electron chi connectivity index (χ1n) is 12.4. The van der Waals surface area contributed by atoms with Gasteiger partial charge in [0.2, 0.25) is 0 Å². The number of carbonyl (C=O) groups is 2. The van der Waals surface area contributed by atoms with E-state index in [1.54, 1.807) is 26.8 Å². The van der Waals surface area contributed by atoms with E-state index in [1.165, 1.54) is 19.2 Å². The quantitative estimate of drug-likeness (QED) is 0.235. The summed E-state index contributed by atoms with van der Waals surface area (Å²) < 4.78 is 35.3. The van der Waals surface area contributed by atoms with Gasteiger partial charge in [0.15, 0.2) is 5.76 Å². The van der Waals surface area contributed by atoms with Gasteiger partial charge in [-0.05, 0) is 49.6 Å². The molecule has 0 aliphatic rings. The predicted octanol–water partition coefficient (Wildman–Crippen LogP) is 6.88. The van der Waals surface area contributed by atoms with Crippen molar-refractivity contribution in [2.24, 2.45) is 0 Å². The monoisotopic (exact) mass is 532 g/mol. The fourth-order valence-corrected chi connectivity index (χ4v) is 4.04. The first-order chi connectivity index (χ1) is 18.8. The normalized spacial score (nSPS) is 11.5. The van der Waals surface area contributed by atoms with Crippen molar-refractivity contribution in [1.29, 1.82) is 0 Å². The smallest absolute Gasteiger partial charge is 0.412 e. The van der Waals surface area contributed by atoms with Gasteiger partial charge < -0.3 is 18.7 Å². The second-order valence-electron chi connectivity index (χ2n) is 8.79. The number of amides is 1. The van der Waals surface area contributed by atoms with E-state index >= 15 is 0 Å². The highest BCUT2D eigenvalue weighted by molar-refractivity contribution is 5.91. The minimum atomic E-state index is -0.845. The van der Waals surface area contributed by atoms with Crippen molar-refractivity contribution in [1.82, 2.24) is 5.16 Å². The van der Waals surface area contributed by atoms with E-state index in [0.717, 1.165) is 16.7 Å². The van der Waals surface area contributed by atoms with E-state index in [0.29, 0.717) is 35.1 Å². The van der Waals surface area contributed by atoms with Crippen LogP contribution in [0.2, 0.25) is 0 Å². The summed E-state index contributed by atoms with van der Waals surface area (Å²) >= 11 is 0. The Morgan fingerprint density at radius 1 is 1.00 bits per heavy atom. The summed E-state index contributed by atoms with van der Waals surface area (Å²) in [7, 11) is 1.45. The average Bonchev–Trinajstić information content (AvgIpc) is 3.28. The van der Waals surface area contributed by atoms with Crippen LogP contribution in [0.3, 0.4) is 0 Å². The first kappa shape index (κ1) is 27.4. The van der Waals surface area contributed by atoms with Crippen LogP contribution in [0, 0.1) is 12.7 Å². The number of hydrogen-bond donors (Lipinski definition) is 1. The van der Waals surface area contributed by atoms with E-state index in [9.17, 15) is 14.0 Å². The molecule has 0 bridgehead atoms.